The van der Waals surface area contributed by atoms with Gasteiger partial charge < -0.3 is 14.2 Å². The molecule has 0 bridgehead atoms. The van der Waals surface area contributed by atoms with Crippen LogP contribution in [0.4, 0.5) is 13.6 Å². The molecule has 0 spiro atoms. The molecule has 0 amide bonds. The molecule has 28 heavy (non-hydrogen) atoms. The molecule has 1 aliphatic rings. The lowest BCUT2D eigenvalue weighted by Crippen LogP contribution is -2.09. The lowest BCUT2D eigenvalue weighted by atomic mass is 10.2. The van der Waals surface area contributed by atoms with E-state index in [-0.39, 0.29) is 34.5 Å². The zero-order chi connectivity index (χ0) is 20.3. The fourth-order valence-electron chi connectivity index (χ4n) is 2.24. The minimum atomic E-state index is -1.15. The Morgan fingerprint density at radius 1 is 1.21 bits per heavy atom. The van der Waals surface area contributed by atoms with E-state index in [4.69, 9.17) is 21.1 Å². The van der Waals surface area contributed by atoms with Crippen molar-refractivity contribution in [1.82, 2.24) is 0 Å². The van der Waals surface area contributed by atoms with Crippen LogP contribution in [0.1, 0.15) is 18.1 Å². The van der Waals surface area contributed by atoms with E-state index in [0.717, 1.165) is 12.1 Å². The summed E-state index contributed by atoms with van der Waals surface area (Å²) in [7, 11) is 0. The van der Waals surface area contributed by atoms with Crippen LogP contribution in [0.25, 0.3) is 6.08 Å². The molecule has 3 rings (SSSR count). The Balaban J connectivity index is 1.82. The van der Waals surface area contributed by atoms with Crippen molar-refractivity contribution in [2.75, 3.05) is 6.61 Å². The van der Waals surface area contributed by atoms with E-state index in [9.17, 15) is 18.4 Å². The maximum absolute atomic E-state index is 13.4. The van der Waals surface area contributed by atoms with Crippen LogP contribution in [0, 0.1) is 11.6 Å². The number of carbonyl (C=O) groups excluding carboxylic acids is 2. The second-order valence-electron chi connectivity index (χ2n) is 5.44. The van der Waals surface area contributed by atoms with Crippen molar-refractivity contribution in [3.05, 3.63) is 69.9 Å². The molecule has 0 aliphatic carbocycles. The molecule has 1 aliphatic heterocycles. The van der Waals surface area contributed by atoms with Gasteiger partial charge in [0, 0.05) is 0 Å². The summed E-state index contributed by atoms with van der Waals surface area (Å²) in [5.41, 5.74) is 0.454. The number of esters is 1. The van der Waals surface area contributed by atoms with Crippen molar-refractivity contribution in [1.29, 1.82) is 0 Å². The molecule has 0 atom stereocenters. The molecular weight excluding hydrogens is 396 g/mol. The Hall–Kier alpha value is -3.26. The number of halogens is 3. The number of rotatable bonds is 4. The standard InChI is InChI=1S/C19H12ClF2NO5/c1-2-26-19(25)27-11-5-3-10(4-6-11)7-16-18(24)28-17(23-16)12-8-14(21)15(22)9-13(12)20/h3-9H,2H2,1H3/b16-7+. The van der Waals surface area contributed by atoms with Gasteiger partial charge in [-0.15, -0.1) is 0 Å². The third kappa shape index (κ3) is 4.34. The molecule has 6 nitrogen and oxygen atoms in total. The quantitative estimate of drug-likeness (QED) is 0.323. The number of cyclic esters (lactones) is 1. The molecule has 0 saturated carbocycles. The largest absolute Gasteiger partial charge is 0.513 e. The molecule has 0 unspecified atom stereocenters. The first-order valence-corrected chi connectivity index (χ1v) is 8.37. The van der Waals surface area contributed by atoms with E-state index >= 15 is 0 Å². The van der Waals surface area contributed by atoms with E-state index in [2.05, 4.69) is 9.73 Å². The van der Waals surface area contributed by atoms with Gasteiger partial charge in [-0.2, -0.15) is 0 Å². The normalized spacial score (nSPS) is 14.6. The summed E-state index contributed by atoms with van der Waals surface area (Å²) < 4.78 is 41.2. The molecule has 144 valence electrons. The van der Waals surface area contributed by atoms with Crippen LogP contribution < -0.4 is 4.74 Å². The molecule has 0 aromatic heterocycles. The smallest absolute Gasteiger partial charge is 0.434 e. The Labute approximate surface area is 163 Å². The van der Waals surface area contributed by atoms with E-state index in [1.54, 1.807) is 19.1 Å². The summed E-state index contributed by atoms with van der Waals surface area (Å²) in [6, 6.07) is 7.72. The predicted octanol–water partition coefficient (Wildman–Crippen LogP) is 4.50. The minimum Gasteiger partial charge on any atom is -0.434 e. The molecule has 2 aromatic rings. The third-order valence-electron chi connectivity index (χ3n) is 3.51. The first-order valence-electron chi connectivity index (χ1n) is 7.99. The van der Waals surface area contributed by atoms with E-state index in [1.807, 2.05) is 0 Å². The molecule has 1 heterocycles. The first-order chi connectivity index (χ1) is 13.4. The third-order valence-corrected chi connectivity index (χ3v) is 3.82. The molecular formula is C19H12ClF2NO5. The van der Waals surface area contributed by atoms with Crippen molar-refractivity contribution in [3.8, 4) is 5.75 Å². The Morgan fingerprint density at radius 3 is 2.57 bits per heavy atom. The van der Waals surface area contributed by atoms with Crippen molar-refractivity contribution >= 4 is 35.7 Å². The Bertz CT molecular complexity index is 1000. The van der Waals surface area contributed by atoms with Crippen LogP contribution >= 0.6 is 11.6 Å². The monoisotopic (exact) mass is 407 g/mol. The molecule has 9 heteroatoms. The molecule has 0 radical (unpaired) electrons. The number of aliphatic imine (C=N–C) groups is 1. The number of hydrogen-bond acceptors (Lipinski definition) is 6. The highest BCUT2D eigenvalue weighted by Gasteiger charge is 2.26. The molecule has 0 saturated heterocycles. The van der Waals surface area contributed by atoms with E-state index in [1.165, 1.54) is 18.2 Å². The zero-order valence-corrected chi connectivity index (χ0v) is 15.1. The van der Waals surface area contributed by atoms with Gasteiger partial charge in [-0.25, -0.2) is 23.4 Å². The van der Waals surface area contributed by atoms with Gasteiger partial charge in [0.15, 0.2) is 17.3 Å². The predicted molar refractivity (Wildman–Crippen MR) is 96.1 cm³/mol. The highest BCUT2D eigenvalue weighted by Crippen LogP contribution is 2.26. The topological polar surface area (TPSA) is 74.2 Å². The van der Waals surface area contributed by atoms with Crippen LogP contribution in [-0.2, 0) is 14.3 Å². The van der Waals surface area contributed by atoms with Crippen LogP contribution in [0.3, 0.4) is 0 Å². The van der Waals surface area contributed by atoms with Gasteiger partial charge >= 0.3 is 12.1 Å². The van der Waals surface area contributed by atoms with Crippen molar-refractivity contribution < 1.29 is 32.6 Å². The summed E-state index contributed by atoms with van der Waals surface area (Å²) in [5.74, 6) is -3.02. The molecule has 0 fully saturated rings. The minimum absolute atomic E-state index is 0.0458. The van der Waals surface area contributed by atoms with Crippen LogP contribution in [0.15, 0.2) is 47.1 Å². The van der Waals surface area contributed by atoms with Gasteiger partial charge in [0.25, 0.3) is 0 Å². The average molecular weight is 408 g/mol. The Kier molecular flexibility index (Phi) is 5.70. The van der Waals surface area contributed by atoms with Gasteiger partial charge in [-0.3, -0.25) is 0 Å². The second kappa shape index (κ2) is 8.18. The number of carbonyl (C=O) groups is 2. The highest BCUT2D eigenvalue weighted by molar-refractivity contribution is 6.34. The number of nitrogens with zero attached hydrogens (tertiary/aromatic N) is 1. The summed E-state index contributed by atoms with van der Waals surface area (Å²) in [6.45, 7) is 1.84. The van der Waals surface area contributed by atoms with Crippen molar-refractivity contribution in [2.24, 2.45) is 4.99 Å². The van der Waals surface area contributed by atoms with Gasteiger partial charge in [0.1, 0.15) is 5.75 Å². The first kappa shape index (κ1) is 19.5. The van der Waals surface area contributed by atoms with E-state index < -0.39 is 23.8 Å². The number of benzene rings is 2. The molecule has 0 N–H and O–H groups in total. The maximum Gasteiger partial charge on any atom is 0.513 e. The van der Waals surface area contributed by atoms with Crippen molar-refractivity contribution in [3.63, 3.8) is 0 Å². The highest BCUT2D eigenvalue weighted by atomic mass is 35.5. The molecule has 2 aromatic carbocycles. The SMILES string of the molecule is CCOC(=O)Oc1ccc(/C=C2/N=C(c3cc(F)c(F)cc3Cl)OC2=O)cc1. The lowest BCUT2D eigenvalue weighted by Gasteiger charge is -2.03. The van der Waals surface area contributed by atoms with Crippen LogP contribution in [0.2, 0.25) is 5.02 Å². The summed E-state index contributed by atoms with van der Waals surface area (Å²) in [4.78, 5) is 27.3. The number of hydrogen-bond donors (Lipinski definition) is 0. The van der Waals surface area contributed by atoms with E-state index in [0.29, 0.717) is 5.56 Å². The summed E-state index contributed by atoms with van der Waals surface area (Å²) >= 11 is 5.87. The van der Waals surface area contributed by atoms with Crippen LogP contribution in [0.5, 0.6) is 5.75 Å². The second-order valence-corrected chi connectivity index (χ2v) is 5.84. The average Bonchev–Trinajstić information content (AvgIpc) is 3.00. The van der Waals surface area contributed by atoms with Crippen LogP contribution in [-0.4, -0.2) is 24.6 Å². The number of ether oxygens (including phenoxy) is 3. The fraction of sp³-hybridized carbons (Fsp3) is 0.105. The van der Waals surface area contributed by atoms with Gasteiger partial charge in [0.2, 0.25) is 5.90 Å². The van der Waals surface area contributed by atoms with Gasteiger partial charge in [0.05, 0.1) is 17.2 Å². The summed E-state index contributed by atoms with van der Waals surface area (Å²) in [5, 5.41) is -0.146. The van der Waals surface area contributed by atoms with Crippen molar-refractivity contribution in [2.45, 2.75) is 6.92 Å². The Morgan fingerprint density at radius 2 is 1.89 bits per heavy atom. The fourth-order valence-corrected chi connectivity index (χ4v) is 2.48. The lowest BCUT2D eigenvalue weighted by molar-refractivity contribution is -0.129. The summed E-state index contributed by atoms with van der Waals surface area (Å²) in [6.07, 6.45) is 0.586. The van der Waals surface area contributed by atoms with Gasteiger partial charge in [-0.05, 0) is 42.8 Å². The maximum atomic E-state index is 13.4. The zero-order valence-electron chi connectivity index (χ0n) is 14.4. The van der Waals surface area contributed by atoms with Gasteiger partial charge in [-0.1, -0.05) is 23.7 Å².